The van der Waals surface area contributed by atoms with Crippen LogP contribution in [0.3, 0.4) is 0 Å². The van der Waals surface area contributed by atoms with E-state index in [9.17, 15) is 13.9 Å². The molecule has 0 aliphatic heterocycles. The number of alkyl halides is 2. The first-order chi connectivity index (χ1) is 13.2. The first-order valence-corrected chi connectivity index (χ1v) is 10.4. The average molecular weight is 410 g/mol. The van der Waals surface area contributed by atoms with Crippen LogP contribution in [0.1, 0.15) is 51.1 Å². The minimum Gasteiger partial charge on any atom is -0.474 e. The van der Waals surface area contributed by atoms with Crippen LogP contribution in [0, 0.1) is 6.92 Å². The molecule has 2 fully saturated rings. The number of thiazole rings is 1. The van der Waals surface area contributed by atoms with Crippen molar-refractivity contribution in [2.75, 3.05) is 5.32 Å². The van der Waals surface area contributed by atoms with Gasteiger partial charge in [0.2, 0.25) is 11.8 Å². The van der Waals surface area contributed by atoms with Crippen LogP contribution in [0.5, 0.6) is 5.88 Å². The molecule has 0 bridgehead atoms. The van der Waals surface area contributed by atoms with Crippen molar-refractivity contribution in [3.63, 3.8) is 0 Å². The molecular weight excluding hydrogens is 386 g/mol. The van der Waals surface area contributed by atoms with Crippen LogP contribution < -0.4 is 10.1 Å². The lowest BCUT2D eigenvalue weighted by atomic mass is 9.79. The first kappa shape index (κ1) is 19.4. The summed E-state index contributed by atoms with van der Waals surface area (Å²) in [5.41, 5.74) is 0.190. The van der Waals surface area contributed by atoms with Gasteiger partial charge in [0, 0.05) is 48.9 Å². The van der Waals surface area contributed by atoms with Gasteiger partial charge in [0.05, 0.1) is 5.60 Å². The summed E-state index contributed by atoms with van der Waals surface area (Å²) in [7, 11) is 0. The average Bonchev–Trinajstić information content (AvgIpc) is 3.02. The fourth-order valence-electron chi connectivity index (χ4n) is 3.68. The van der Waals surface area contributed by atoms with Crippen LogP contribution in [0.2, 0.25) is 0 Å². The molecular formula is C19H24F2N4O2S. The van der Waals surface area contributed by atoms with Gasteiger partial charge in [-0.2, -0.15) is 4.98 Å². The van der Waals surface area contributed by atoms with Crippen molar-refractivity contribution in [2.24, 2.45) is 0 Å². The third-order valence-electron chi connectivity index (χ3n) is 5.20. The van der Waals surface area contributed by atoms with E-state index in [2.05, 4.69) is 20.3 Å². The van der Waals surface area contributed by atoms with Crippen molar-refractivity contribution in [1.82, 2.24) is 15.0 Å². The Morgan fingerprint density at radius 3 is 2.54 bits per heavy atom. The van der Waals surface area contributed by atoms with E-state index in [1.807, 2.05) is 12.3 Å². The van der Waals surface area contributed by atoms with Gasteiger partial charge in [0.25, 0.3) is 0 Å². The molecule has 28 heavy (non-hydrogen) atoms. The number of aromatic nitrogens is 3. The highest BCUT2D eigenvalue weighted by atomic mass is 32.1. The van der Waals surface area contributed by atoms with E-state index in [-0.39, 0.29) is 25.0 Å². The predicted molar refractivity (Wildman–Crippen MR) is 103 cm³/mol. The zero-order valence-electron chi connectivity index (χ0n) is 15.9. The lowest BCUT2D eigenvalue weighted by molar-refractivity contribution is -0.0902. The Morgan fingerprint density at radius 2 is 1.93 bits per heavy atom. The number of anilines is 1. The van der Waals surface area contributed by atoms with E-state index < -0.39 is 11.5 Å². The van der Waals surface area contributed by atoms with Gasteiger partial charge in [-0.15, -0.1) is 11.3 Å². The fourth-order valence-corrected chi connectivity index (χ4v) is 4.41. The third-order valence-corrected chi connectivity index (χ3v) is 6.16. The predicted octanol–water partition coefficient (Wildman–Crippen LogP) is 4.19. The molecule has 2 aliphatic rings. The number of nitrogens with zero attached hydrogens (tertiary/aromatic N) is 3. The van der Waals surface area contributed by atoms with Gasteiger partial charge < -0.3 is 15.2 Å². The Hall–Kier alpha value is -1.87. The van der Waals surface area contributed by atoms with Crippen molar-refractivity contribution in [3.8, 4) is 16.7 Å². The number of ether oxygens (including phenoxy) is 1. The van der Waals surface area contributed by atoms with Crippen molar-refractivity contribution >= 4 is 17.2 Å². The topological polar surface area (TPSA) is 80.2 Å². The zero-order chi connectivity index (χ0) is 19.9. The number of nitrogens with one attached hydrogen (secondary N) is 1. The largest absolute Gasteiger partial charge is 0.474 e. The van der Waals surface area contributed by atoms with Crippen LogP contribution in [-0.2, 0) is 0 Å². The maximum absolute atomic E-state index is 13.4. The molecule has 2 aliphatic carbocycles. The molecule has 6 nitrogen and oxygen atoms in total. The van der Waals surface area contributed by atoms with Gasteiger partial charge in [-0.25, -0.2) is 18.7 Å². The zero-order valence-corrected chi connectivity index (χ0v) is 16.7. The molecule has 9 heteroatoms. The normalized spacial score (nSPS) is 27.2. The van der Waals surface area contributed by atoms with Gasteiger partial charge >= 0.3 is 0 Å². The van der Waals surface area contributed by atoms with Crippen LogP contribution >= 0.6 is 11.3 Å². The van der Waals surface area contributed by atoms with E-state index >= 15 is 0 Å². The van der Waals surface area contributed by atoms with E-state index in [0.29, 0.717) is 48.2 Å². The van der Waals surface area contributed by atoms with Crippen LogP contribution in [0.15, 0.2) is 11.4 Å². The number of hydrogen-bond acceptors (Lipinski definition) is 7. The summed E-state index contributed by atoms with van der Waals surface area (Å²) in [6, 6.07) is 1.64. The van der Waals surface area contributed by atoms with Crippen molar-refractivity contribution < 1.29 is 18.6 Å². The molecule has 2 aromatic rings. The summed E-state index contributed by atoms with van der Waals surface area (Å²) < 4.78 is 32.8. The lowest BCUT2D eigenvalue weighted by Crippen LogP contribution is -2.47. The standard InChI is InChI=1S/C19H24F2N4O2S/c1-11-10-28-17(22-11)16-24-14(23-12-3-5-19(20,21)6-4-12)7-15(25-16)27-13-8-18(2,26)9-13/h7,10,12-13,26H,3-6,8-9H2,1-2H3,(H,23,24,25). The minimum absolute atomic E-state index is 0.0577. The molecule has 0 unspecified atom stereocenters. The Bertz CT molecular complexity index is 840. The van der Waals surface area contributed by atoms with Crippen molar-refractivity contribution in [1.29, 1.82) is 0 Å². The SMILES string of the molecule is Cc1csc(-c2nc(NC3CCC(F)(F)CC3)cc(OC3CC(C)(O)C3)n2)n1. The van der Waals surface area contributed by atoms with Gasteiger partial charge in [-0.3, -0.25) is 0 Å². The molecule has 0 spiro atoms. The number of rotatable bonds is 5. The highest BCUT2D eigenvalue weighted by Crippen LogP contribution is 2.36. The van der Waals surface area contributed by atoms with Crippen LogP contribution in [0.4, 0.5) is 14.6 Å². The molecule has 0 atom stereocenters. The summed E-state index contributed by atoms with van der Waals surface area (Å²) in [5.74, 6) is -1.16. The molecule has 152 valence electrons. The van der Waals surface area contributed by atoms with E-state index in [0.717, 1.165) is 5.69 Å². The highest BCUT2D eigenvalue weighted by molar-refractivity contribution is 7.13. The quantitative estimate of drug-likeness (QED) is 0.769. The molecule has 2 saturated carbocycles. The number of halogens is 2. The Kier molecular flexibility index (Phi) is 4.99. The second kappa shape index (κ2) is 7.18. The summed E-state index contributed by atoms with van der Waals surface area (Å²) in [6.45, 7) is 3.68. The third kappa shape index (κ3) is 4.57. The van der Waals surface area contributed by atoms with Crippen LogP contribution in [-0.4, -0.2) is 43.7 Å². The monoisotopic (exact) mass is 410 g/mol. The second-order valence-electron chi connectivity index (χ2n) is 8.13. The molecule has 0 amide bonds. The van der Waals surface area contributed by atoms with E-state index in [4.69, 9.17) is 4.74 Å². The molecule has 2 aromatic heterocycles. The number of aryl methyl sites for hydroxylation is 1. The van der Waals surface area contributed by atoms with E-state index in [1.54, 1.807) is 13.0 Å². The van der Waals surface area contributed by atoms with Gasteiger partial charge in [-0.05, 0) is 26.7 Å². The minimum atomic E-state index is -2.57. The molecule has 0 aromatic carbocycles. The van der Waals surface area contributed by atoms with Gasteiger partial charge in [-0.1, -0.05) is 0 Å². The van der Waals surface area contributed by atoms with Crippen molar-refractivity contribution in [3.05, 3.63) is 17.1 Å². The molecule has 2 N–H and O–H groups in total. The van der Waals surface area contributed by atoms with Crippen molar-refractivity contribution in [2.45, 2.75) is 76.0 Å². The summed E-state index contributed by atoms with van der Waals surface area (Å²) in [4.78, 5) is 13.4. The summed E-state index contributed by atoms with van der Waals surface area (Å²) in [5, 5.41) is 15.8. The Morgan fingerprint density at radius 1 is 1.21 bits per heavy atom. The second-order valence-corrected chi connectivity index (χ2v) is 8.99. The number of hydrogen-bond donors (Lipinski definition) is 2. The summed E-state index contributed by atoms with van der Waals surface area (Å²) >= 11 is 1.45. The highest BCUT2D eigenvalue weighted by Gasteiger charge is 2.40. The molecule has 2 heterocycles. The van der Waals surface area contributed by atoms with Crippen LogP contribution in [0.25, 0.3) is 10.8 Å². The first-order valence-electron chi connectivity index (χ1n) is 9.52. The Labute approximate surface area is 166 Å². The maximum atomic E-state index is 13.4. The molecule has 4 rings (SSSR count). The van der Waals surface area contributed by atoms with Gasteiger partial charge in [0.15, 0.2) is 10.8 Å². The van der Waals surface area contributed by atoms with E-state index in [1.165, 1.54) is 11.3 Å². The maximum Gasteiger partial charge on any atom is 0.248 e. The lowest BCUT2D eigenvalue weighted by Gasteiger charge is -2.40. The van der Waals surface area contributed by atoms with Gasteiger partial charge in [0.1, 0.15) is 11.9 Å². The molecule has 0 radical (unpaired) electrons. The summed E-state index contributed by atoms with van der Waals surface area (Å²) in [6.07, 6.45) is 1.54. The molecule has 0 saturated heterocycles. The fraction of sp³-hybridized carbons (Fsp3) is 0.632. The smallest absolute Gasteiger partial charge is 0.248 e. The Balaban J connectivity index is 1.53. The number of aliphatic hydroxyl groups is 1.